The van der Waals surface area contributed by atoms with Crippen LogP contribution in [0.1, 0.15) is 27.4 Å². The molecule has 31 aromatic carbocycles. The first-order valence-electron chi connectivity index (χ1n) is 26.0. The fraction of sp³-hybridized carbons (Fsp3) is 0.0290. The number of carbonyl (C=O) groups is 1. The van der Waals surface area contributed by atoms with E-state index in [1.54, 1.807) is 212 Å². The summed E-state index contributed by atoms with van der Waals surface area (Å²) < 4.78 is 5.76. The highest BCUT2D eigenvalue weighted by molar-refractivity contribution is 6.84. The number of carbonyl (C=O) groups excluding carboxylic acids is 1. The second-order valence-corrected chi connectivity index (χ2v) is 25.1. The normalized spacial score (nSPS) is 17.4. The Morgan fingerprint density at radius 1 is 0.239 bits per heavy atom. The van der Waals surface area contributed by atoms with Crippen LogP contribution in [0.3, 0.4) is 0 Å². The first kappa shape index (κ1) is 26.6. The Morgan fingerprint density at radius 2 is 0.380 bits per heavy atom. The summed E-state index contributed by atoms with van der Waals surface area (Å²) >= 11 is 0. The van der Waals surface area contributed by atoms with Crippen LogP contribution < -0.4 is 4.74 Å². The minimum atomic E-state index is -0.441. The van der Waals surface area contributed by atoms with E-state index < -0.39 is 5.92 Å². The second-order valence-electron chi connectivity index (χ2n) is 25.1. The lowest BCUT2D eigenvalue weighted by Crippen LogP contribution is -2.18. The summed E-state index contributed by atoms with van der Waals surface area (Å²) in [6.07, 6.45) is 0. The summed E-state index contributed by atoms with van der Waals surface area (Å²) in [5.41, 5.74) is 3.47. The zero-order chi connectivity index (χ0) is 42.5. The monoisotopic (exact) mass is 868 g/mol. The maximum atomic E-state index is 16.8. The summed E-state index contributed by atoms with van der Waals surface area (Å²) in [7, 11) is 1.73. The molecule has 0 atom stereocenters. The molecule has 0 saturated carbocycles. The van der Waals surface area contributed by atoms with Crippen LogP contribution in [-0.4, -0.2) is 12.9 Å². The topological polar surface area (TPSA) is 26.3 Å². The lowest BCUT2D eigenvalue weighted by molar-refractivity contribution is 0.0975. The molecule has 0 heterocycles. The van der Waals surface area contributed by atoms with Crippen molar-refractivity contribution in [1.29, 1.82) is 0 Å². The predicted octanol–water partition coefficient (Wildman–Crippen LogP) is 19.0. The van der Waals surface area contributed by atoms with Gasteiger partial charge in [0.2, 0.25) is 0 Å². The zero-order valence-electron chi connectivity index (χ0n) is 36.2. The van der Waals surface area contributed by atoms with Gasteiger partial charge in [0.15, 0.2) is 5.78 Å². The third-order valence-corrected chi connectivity index (χ3v) is 24.5. The molecule has 2 nitrogen and oxygen atoms in total. The highest BCUT2D eigenvalue weighted by atomic mass is 16.5. The van der Waals surface area contributed by atoms with Gasteiger partial charge in [-0.15, -0.1) is 0 Å². The Labute approximate surface area is 385 Å². The minimum absolute atomic E-state index is 0.243. The Bertz CT molecular complexity index is 7240. The van der Waals surface area contributed by atoms with Crippen LogP contribution in [0.2, 0.25) is 0 Å². The number of benzene rings is 20. The molecular formula is C69H8O2. The van der Waals surface area contributed by atoms with E-state index in [0.717, 1.165) is 11.3 Å². The Balaban J connectivity index is 1.17. The molecule has 0 aliphatic heterocycles. The van der Waals surface area contributed by atoms with E-state index in [1.807, 2.05) is 12.1 Å². The fourth-order valence-electron chi connectivity index (χ4n) is 24.0. The average Bonchev–Trinajstić information content (AvgIpc) is 4.45. The van der Waals surface area contributed by atoms with Gasteiger partial charge in [-0.3, -0.25) is 4.79 Å². The van der Waals surface area contributed by atoms with E-state index in [-0.39, 0.29) is 5.78 Å². The van der Waals surface area contributed by atoms with Crippen molar-refractivity contribution in [2.45, 2.75) is 5.92 Å². The second kappa shape index (κ2) is 6.19. The molecule has 0 saturated heterocycles. The van der Waals surface area contributed by atoms with E-state index in [2.05, 4.69) is 12.1 Å². The lowest BCUT2D eigenvalue weighted by atomic mass is 9.71. The third kappa shape index (κ3) is 1.50. The van der Waals surface area contributed by atoms with E-state index in [0.29, 0.717) is 0 Å². The molecule has 0 fully saturated rings. The van der Waals surface area contributed by atoms with Gasteiger partial charge in [-0.2, -0.15) is 0 Å². The molecule has 71 heavy (non-hydrogen) atoms. The molecule has 296 valence electrons. The molecule has 0 spiro atoms. The molecule has 32 rings (SSSR count). The molecule has 0 N–H and O–H groups in total. The van der Waals surface area contributed by atoms with Crippen molar-refractivity contribution >= 4 is 318 Å². The van der Waals surface area contributed by atoms with Crippen molar-refractivity contribution in [3.63, 3.8) is 0 Å². The fourth-order valence-corrected chi connectivity index (χ4v) is 24.0. The van der Waals surface area contributed by atoms with Crippen LogP contribution in [0.4, 0.5) is 0 Å². The maximum absolute atomic E-state index is 16.8. The molecule has 2 heteroatoms. The van der Waals surface area contributed by atoms with E-state index >= 15 is 4.79 Å². The van der Waals surface area contributed by atoms with Gasteiger partial charge in [0.05, 0.1) is 13.0 Å². The molecule has 0 bridgehead atoms. The molecule has 0 amide bonds. The van der Waals surface area contributed by atoms with E-state index in [9.17, 15) is 0 Å². The predicted molar refractivity (Wildman–Crippen MR) is 300 cm³/mol. The van der Waals surface area contributed by atoms with Crippen molar-refractivity contribution < 1.29 is 9.53 Å². The summed E-state index contributed by atoms with van der Waals surface area (Å²) in [4.78, 5) is 16.8. The van der Waals surface area contributed by atoms with Crippen LogP contribution in [0, 0.1) is 0 Å². The number of Topliss-reactive ketones (excluding diaryl/α,β-unsaturated/α-hetero) is 1. The number of rotatable bonds is 3. The largest absolute Gasteiger partial charge is 0.497 e. The Hall–Kier alpha value is -9.11. The van der Waals surface area contributed by atoms with Gasteiger partial charge in [-0.25, -0.2) is 0 Å². The van der Waals surface area contributed by atoms with Gasteiger partial charge < -0.3 is 4.74 Å². The van der Waals surface area contributed by atoms with Crippen molar-refractivity contribution in [3.8, 4) is 5.75 Å². The van der Waals surface area contributed by atoms with Gasteiger partial charge >= 0.3 is 0 Å². The summed E-state index contributed by atoms with van der Waals surface area (Å²) in [6.45, 7) is 0. The standard InChI is InChI=1S/C69H8O2/c1-71-7-4-2-6(3-5-7)69(70)68-66-62-55-48-36-28-19-10-8-9-11-14(10)23-30(28)38-39-31(23)29-20(11)22-18-13(9)16-15-12(8)17-21(19)34(36)42-40-26(17)24(15)32-33-25(16)27(18)41-43-35(22)37(29)49-51(39)60(59(62)50(38)48)63-56(49)54(43)58-47(41)45(33)52-44(32)46(40)57(53(42)55)64(66)61(52)65(58)67(63)68/h2-5,68H,1H3. The molecule has 1 aliphatic carbocycles. The van der Waals surface area contributed by atoms with Crippen LogP contribution in [-0.2, 0) is 0 Å². The van der Waals surface area contributed by atoms with Gasteiger partial charge in [-0.1, -0.05) is 0 Å². The lowest BCUT2D eigenvalue weighted by Gasteiger charge is -2.30. The highest BCUT2D eigenvalue weighted by Gasteiger charge is 2.52. The minimum Gasteiger partial charge on any atom is -0.497 e. The number of hydrogen-bond donors (Lipinski definition) is 0. The van der Waals surface area contributed by atoms with Crippen LogP contribution in [0.25, 0.3) is 312 Å². The number of fused-ring (bicyclic) bond motifs is 5. The van der Waals surface area contributed by atoms with Gasteiger partial charge in [0, 0.05) is 5.56 Å². The van der Waals surface area contributed by atoms with Crippen LogP contribution >= 0.6 is 0 Å². The van der Waals surface area contributed by atoms with Crippen molar-refractivity contribution in [1.82, 2.24) is 0 Å². The molecular weight excluding hydrogens is 861 g/mol. The van der Waals surface area contributed by atoms with Gasteiger partial charge in [0.1, 0.15) is 5.75 Å². The number of ketones is 1. The number of ether oxygens (including phenoxy) is 1. The molecule has 0 radical (unpaired) electrons. The summed E-state index contributed by atoms with van der Waals surface area (Å²) in [6, 6.07) is 8.18. The number of methoxy groups -OCH3 is 1. The van der Waals surface area contributed by atoms with Gasteiger partial charge in [0.25, 0.3) is 0 Å². The first-order chi connectivity index (χ1) is 35.3. The molecule has 31 aromatic rings. The third-order valence-electron chi connectivity index (χ3n) is 24.5. The number of hydrogen-bond acceptors (Lipinski definition) is 2. The Morgan fingerprint density at radius 3 is 0.535 bits per heavy atom. The van der Waals surface area contributed by atoms with Crippen LogP contribution in [0.15, 0.2) is 24.3 Å². The zero-order valence-corrected chi connectivity index (χ0v) is 36.2. The molecule has 1 aliphatic rings. The van der Waals surface area contributed by atoms with Crippen LogP contribution in [0.5, 0.6) is 5.75 Å². The first-order valence-corrected chi connectivity index (χ1v) is 26.0. The highest BCUT2D eigenvalue weighted by Crippen LogP contribution is 2.80. The summed E-state index contributed by atoms with van der Waals surface area (Å²) in [5.74, 6) is 0.594. The van der Waals surface area contributed by atoms with Crippen molar-refractivity contribution in [3.05, 3.63) is 41.0 Å². The van der Waals surface area contributed by atoms with Crippen molar-refractivity contribution in [2.24, 2.45) is 0 Å². The quantitative estimate of drug-likeness (QED) is 0.131. The maximum Gasteiger partial charge on any atom is 0.174 e. The smallest absolute Gasteiger partial charge is 0.174 e. The van der Waals surface area contributed by atoms with Crippen molar-refractivity contribution in [2.75, 3.05) is 7.11 Å². The van der Waals surface area contributed by atoms with E-state index in [1.165, 1.54) is 119 Å². The molecule has 0 aromatic heterocycles. The Kier molecular flexibility index (Phi) is 2.32. The summed E-state index contributed by atoms with van der Waals surface area (Å²) in [5, 5.41) is 90.3. The average molecular weight is 869 g/mol. The van der Waals surface area contributed by atoms with E-state index in [4.69, 9.17) is 4.74 Å². The SMILES string of the molecule is COc1ccc(C(=O)C2c3c4c5c6c2c2c7c8c3c3c9c4c4c%10c5c5c%11c6c6c2c2c7c7c%12c8c3c3c8c9c4c4c9c%10c5c5c%10c%11c6c6c2c2c7c7c%12c3c3c8c4c4c9c5c5c%10c6c2c2c7c3c4c52)cc1. The molecule has 0 unspecified atom stereocenters. The van der Waals surface area contributed by atoms with Gasteiger partial charge in [-0.05, 0) is 348 Å².